The lowest BCUT2D eigenvalue weighted by Crippen LogP contribution is -2.35. The third kappa shape index (κ3) is 7.46. The molecule has 0 aromatic heterocycles. The molecular formula is C21H25N3O3S. The third-order valence-electron chi connectivity index (χ3n) is 3.97. The van der Waals surface area contributed by atoms with Crippen LogP contribution in [0, 0.1) is 0 Å². The van der Waals surface area contributed by atoms with Crippen molar-refractivity contribution in [2.45, 2.75) is 19.3 Å². The molecule has 0 aliphatic rings. The van der Waals surface area contributed by atoms with Crippen LogP contribution in [0.25, 0.3) is 0 Å². The van der Waals surface area contributed by atoms with E-state index in [1.807, 2.05) is 30.3 Å². The highest BCUT2D eigenvalue weighted by Gasteiger charge is 2.12. The van der Waals surface area contributed by atoms with E-state index in [-0.39, 0.29) is 16.9 Å². The Labute approximate surface area is 170 Å². The molecule has 7 heteroatoms. The summed E-state index contributed by atoms with van der Waals surface area (Å²) in [7, 11) is 1.62. The summed E-state index contributed by atoms with van der Waals surface area (Å²) in [5.41, 5.74) is 2.09. The molecular weight excluding hydrogens is 374 g/mol. The van der Waals surface area contributed by atoms with Gasteiger partial charge in [-0.3, -0.25) is 9.59 Å². The maximum Gasteiger partial charge on any atom is 0.253 e. The number of methoxy groups -OCH3 is 1. The number of benzene rings is 2. The van der Waals surface area contributed by atoms with E-state index in [0.717, 1.165) is 12.0 Å². The zero-order chi connectivity index (χ0) is 20.2. The Balaban J connectivity index is 1.85. The summed E-state index contributed by atoms with van der Waals surface area (Å²) in [4.78, 5) is 24.5. The van der Waals surface area contributed by atoms with Gasteiger partial charge in [0.2, 0.25) is 5.91 Å². The van der Waals surface area contributed by atoms with Crippen LogP contribution >= 0.6 is 12.2 Å². The van der Waals surface area contributed by atoms with Gasteiger partial charge in [-0.25, -0.2) is 0 Å². The summed E-state index contributed by atoms with van der Waals surface area (Å²) >= 11 is 5.22. The molecule has 2 amide bonds. The van der Waals surface area contributed by atoms with Crippen molar-refractivity contribution in [3.63, 3.8) is 0 Å². The summed E-state index contributed by atoms with van der Waals surface area (Å²) in [5.74, 6) is -0.389. The lowest BCUT2D eigenvalue weighted by Gasteiger charge is -2.13. The number of hydrogen-bond donors (Lipinski definition) is 3. The molecule has 2 rings (SSSR count). The van der Waals surface area contributed by atoms with Crippen LogP contribution < -0.4 is 16.0 Å². The van der Waals surface area contributed by atoms with Crippen molar-refractivity contribution in [1.29, 1.82) is 0 Å². The first-order valence-electron chi connectivity index (χ1n) is 9.11. The van der Waals surface area contributed by atoms with Gasteiger partial charge in [-0.2, -0.15) is 0 Å². The standard InChI is InChI=1S/C21H25N3O3S/c1-27-15-7-14-22-20(26)17-10-5-6-11-18(17)23-21(28)24-19(25)13-12-16-8-3-2-4-9-16/h2-6,8-11H,7,12-15H2,1H3,(H,22,26)(H2,23,24,25,28). The number of rotatable bonds is 9. The van der Waals surface area contributed by atoms with Gasteiger partial charge >= 0.3 is 0 Å². The SMILES string of the molecule is COCCCNC(=O)c1ccccc1NC(=S)NC(=O)CCc1ccccc1. The number of carbonyl (C=O) groups is 2. The highest BCUT2D eigenvalue weighted by atomic mass is 32.1. The van der Waals surface area contributed by atoms with Gasteiger partial charge in [0, 0.05) is 26.7 Å². The minimum atomic E-state index is -0.211. The van der Waals surface area contributed by atoms with Crippen LogP contribution in [0.4, 0.5) is 5.69 Å². The summed E-state index contributed by atoms with van der Waals surface area (Å²) in [6.07, 6.45) is 1.69. The first kappa shape index (κ1) is 21.5. The number of ether oxygens (including phenoxy) is 1. The molecule has 0 atom stereocenters. The van der Waals surface area contributed by atoms with Gasteiger partial charge in [-0.15, -0.1) is 0 Å². The average Bonchev–Trinajstić information content (AvgIpc) is 2.70. The molecule has 148 valence electrons. The van der Waals surface area contributed by atoms with Gasteiger partial charge in [0.1, 0.15) is 0 Å². The van der Waals surface area contributed by atoms with Crippen molar-refractivity contribution in [3.05, 3.63) is 65.7 Å². The van der Waals surface area contributed by atoms with Crippen molar-refractivity contribution in [2.24, 2.45) is 0 Å². The molecule has 0 saturated heterocycles. The monoisotopic (exact) mass is 399 g/mol. The predicted molar refractivity (Wildman–Crippen MR) is 114 cm³/mol. The fourth-order valence-corrected chi connectivity index (χ4v) is 2.77. The zero-order valence-corrected chi connectivity index (χ0v) is 16.7. The highest BCUT2D eigenvalue weighted by molar-refractivity contribution is 7.80. The van der Waals surface area contributed by atoms with Crippen molar-refractivity contribution >= 4 is 34.8 Å². The smallest absolute Gasteiger partial charge is 0.253 e. The Kier molecular flexibility index (Phi) is 9.10. The highest BCUT2D eigenvalue weighted by Crippen LogP contribution is 2.15. The lowest BCUT2D eigenvalue weighted by molar-refractivity contribution is -0.119. The molecule has 0 spiro atoms. The topological polar surface area (TPSA) is 79.5 Å². The second-order valence-corrected chi connectivity index (χ2v) is 6.54. The first-order chi connectivity index (χ1) is 13.6. The van der Waals surface area contributed by atoms with Crippen LogP contribution in [-0.4, -0.2) is 37.2 Å². The third-order valence-corrected chi connectivity index (χ3v) is 4.17. The van der Waals surface area contributed by atoms with E-state index in [1.54, 1.807) is 31.4 Å². The largest absolute Gasteiger partial charge is 0.385 e. The Morgan fingerprint density at radius 1 is 1.04 bits per heavy atom. The molecule has 28 heavy (non-hydrogen) atoms. The van der Waals surface area contributed by atoms with Crippen molar-refractivity contribution < 1.29 is 14.3 Å². The number of anilines is 1. The summed E-state index contributed by atoms with van der Waals surface area (Å²) < 4.78 is 4.97. The van der Waals surface area contributed by atoms with E-state index in [1.165, 1.54) is 0 Å². The number of amides is 2. The fourth-order valence-electron chi connectivity index (χ4n) is 2.55. The molecule has 0 saturated carbocycles. The minimum Gasteiger partial charge on any atom is -0.385 e. The lowest BCUT2D eigenvalue weighted by atomic mass is 10.1. The fraction of sp³-hybridized carbons (Fsp3) is 0.286. The van der Waals surface area contributed by atoms with Gasteiger partial charge in [-0.1, -0.05) is 42.5 Å². The molecule has 2 aromatic rings. The second kappa shape index (κ2) is 11.8. The number of hydrogen-bond acceptors (Lipinski definition) is 4. The molecule has 3 N–H and O–H groups in total. The van der Waals surface area contributed by atoms with Crippen LogP contribution in [-0.2, 0) is 16.0 Å². The number of para-hydroxylation sites is 1. The maximum absolute atomic E-state index is 12.4. The molecule has 0 aliphatic carbocycles. The van der Waals surface area contributed by atoms with Crippen LogP contribution in [0.1, 0.15) is 28.8 Å². The number of aryl methyl sites for hydroxylation is 1. The van der Waals surface area contributed by atoms with E-state index in [4.69, 9.17) is 17.0 Å². The van der Waals surface area contributed by atoms with Crippen LogP contribution in [0.3, 0.4) is 0 Å². The molecule has 2 aromatic carbocycles. The van der Waals surface area contributed by atoms with Gasteiger partial charge in [0.15, 0.2) is 5.11 Å². The number of carbonyl (C=O) groups excluding carboxylic acids is 2. The Morgan fingerprint density at radius 2 is 1.75 bits per heavy atom. The van der Waals surface area contributed by atoms with E-state index >= 15 is 0 Å². The van der Waals surface area contributed by atoms with Crippen molar-refractivity contribution in [3.8, 4) is 0 Å². The molecule has 0 bridgehead atoms. The summed E-state index contributed by atoms with van der Waals surface area (Å²) in [5, 5.41) is 8.60. The number of thiocarbonyl (C=S) groups is 1. The van der Waals surface area contributed by atoms with E-state index in [0.29, 0.717) is 37.2 Å². The normalized spacial score (nSPS) is 10.2. The quantitative estimate of drug-likeness (QED) is 0.446. The summed E-state index contributed by atoms with van der Waals surface area (Å²) in [6.45, 7) is 1.10. The first-order valence-corrected chi connectivity index (χ1v) is 9.52. The van der Waals surface area contributed by atoms with Crippen LogP contribution in [0.15, 0.2) is 54.6 Å². The Hall–Kier alpha value is -2.77. The molecule has 6 nitrogen and oxygen atoms in total. The average molecular weight is 400 g/mol. The molecule has 0 heterocycles. The molecule has 0 unspecified atom stereocenters. The zero-order valence-electron chi connectivity index (χ0n) is 15.9. The van der Waals surface area contributed by atoms with E-state index in [9.17, 15) is 9.59 Å². The van der Waals surface area contributed by atoms with Gasteiger partial charge in [0.05, 0.1) is 11.3 Å². The van der Waals surface area contributed by atoms with Gasteiger partial charge in [-0.05, 0) is 42.8 Å². The van der Waals surface area contributed by atoms with Crippen LogP contribution in [0.2, 0.25) is 0 Å². The van der Waals surface area contributed by atoms with Gasteiger partial charge < -0.3 is 20.7 Å². The van der Waals surface area contributed by atoms with Gasteiger partial charge in [0.25, 0.3) is 5.91 Å². The summed E-state index contributed by atoms with van der Waals surface area (Å²) in [6, 6.07) is 16.8. The van der Waals surface area contributed by atoms with Crippen LogP contribution in [0.5, 0.6) is 0 Å². The van der Waals surface area contributed by atoms with Crippen molar-refractivity contribution in [1.82, 2.24) is 10.6 Å². The van der Waals surface area contributed by atoms with E-state index in [2.05, 4.69) is 16.0 Å². The predicted octanol–water partition coefficient (Wildman–Crippen LogP) is 2.90. The minimum absolute atomic E-state index is 0.165. The second-order valence-electron chi connectivity index (χ2n) is 6.14. The van der Waals surface area contributed by atoms with E-state index < -0.39 is 0 Å². The Bertz CT molecular complexity index is 796. The molecule has 0 fully saturated rings. The molecule has 0 aliphatic heterocycles. The van der Waals surface area contributed by atoms with Crippen molar-refractivity contribution in [2.75, 3.05) is 25.6 Å². The molecule has 0 radical (unpaired) electrons. The Morgan fingerprint density at radius 3 is 2.50 bits per heavy atom. The number of nitrogens with one attached hydrogen (secondary N) is 3. The maximum atomic E-state index is 12.4.